The number of carboxylic acids is 1. The molecule has 2 N–H and O–H groups in total. The summed E-state index contributed by atoms with van der Waals surface area (Å²) in [5.41, 5.74) is 0. The Kier molecular flexibility index (Phi) is 2.24. The highest BCUT2D eigenvalue weighted by Gasteiger charge is 2.37. The van der Waals surface area contributed by atoms with Gasteiger partial charge in [0.2, 0.25) is 0 Å². The fourth-order valence-electron chi connectivity index (χ4n) is 1.36. The average molecular weight is 158 g/mol. The number of ketones is 1. The van der Waals surface area contributed by atoms with Gasteiger partial charge in [0.05, 0.1) is 6.61 Å². The van der Waals surface area contributed by atoms with Crippen molar-refractivity contribution in [2.45, 2.75) is 12.8 Å². The largest absolute Gasteiger partial charge is 0.481 e. The minimum Gasteiger partial charge on any atom is -0.481 e. The van der Waals surface area contributed by atoms with Crippen molar-refractivity contribution in [1.82, 2.24) is 0 Å². The van der Waals surface area contributed by atoms with Gasteiger partial charge in [0.25, 0.3) is 0 Å². The van der Waals surface area contributed by atoms with Crippen molar-refractivity contribution >= 4 is 11.8 Å². The predicted octanol–water partition coefficient (Wildman–Crippen LogP) is -0.341. The van der Waals surface area contributed by atoms with E-state index in [0.717, 1.165) is 0 Å². The van der Waals surface area contributed by atoms with E-state index in [1.165, 1.54) is 0 Å². The molecule has 1 saturated carbocycles. The van der Waals surface area contributed by atoms with Crippen LogP contribution < -0.4 is 0 Å². The van der Waals surface area contributed by atoms with Crippen LogP contribution in [-0.2, 0) is 9.59 Å². The number of aliphatic hydroxyl groups excluding tert-OH is 1. The zero-order chi connectivity index (χ0) is 8.43. The molecule has 0 bridgehead atoms. The normalized spacial score (nSPS) is 30.8. The molecule has 2 unspecified atom stereocenters. The van der Waals surface area contributed by atoms with Crippen molar-refractivity contribution < 1.29 is 19.8 Å². The van der Waals surface area contributed by atoms with Gasteiger partial charge in [0, 0.05) is 5.92 Å². The van der Waals surface area contributed by atoms with Crippen molar-refractivity contribution in [3.63, 3.8) is 0 Å². The van der Waals surface area contributed by atoms with E-state index in [4.69, 9.17) is 10.2 Å². The lowest BCUT2D eigenvalue weighted by molar-refractivity contribution is -0.145. The molecule has 11 heavy (non-hydrogen) atoms. The van der Waals surface area contributed by atoms with E-state index >= 15 is 0 Å². The summed E-state index contributed by atoms with van der Waals surface area (Å²) >= 11 is 0. The molecule has 0 saturated heterocycles. The third-order valence-corrected chi connectivity index (χ3v) is 2.07. The molecule has 4 nitrogen and oxygen atoms in total. The first-order chi connectivity index (χ1) is 5.16. The maximum atomic E-state index is 11.0. The second-order valence-electron chi connectivity index (χ2n) is 2.75. The Balaban J connectivity index is 2.63. The van der Waals surface area contributed by atoms with Gasteiger partial charge in [-0.25, -0.2) is 0 Å². The van der Waals surface area contributed by atoms with Crippen LogP contribution in [0, 0.1) is 11.8 Å². The molecule has 0 aliphatic heterocycles. The van der Waals surface area contributed by atoms with E-state index in [-0.39, 0.29) is 12.4 Å². The van der Waals surface area contributed by atoms with E-state index in [1.54, 1.807) is 0 Å². The SMILES string of the molecule is O=C(O)C1CCC(CO)C1=O. The number of carbonyl (C=O) groups is 2. The lowest BCUT2D eigenvalue weighted by Gasteiger charge is -2.02. The van der Waals surface area contributed by atoms with Gasteiger partial charge >= 0.3 is 5.97 Å². The van der Waals surface area contributed by atoms with E-state index in [1.807, 2.05) is 0 Å². The maximum absolute atomic E-state index is 11.0. The second kappa shape index (κ2) is 3.00. The van der Waals surface area contributed by atoms with Crippen LogP contribution in [0.3, 0.4) is 0 Å². The fourth-order valence-corrected chi connectivity index (χ4v) is 1.36. The Morgan fingerprint density at radius 1 is 1.55 bits per heavy atom. The van der Waals surface area contributed by atoms with Gasteiger partial charge in [-0.1, -0.05) is 0 Å². The van der Waals surface area contributed by atoms with Crippen molar-refractivity contribution in [3.05, 3.63) is 0 Å². The minimum atomic E-state index is -1.06. The summed E-state index contributed by atoms with van der Waals surface area (Å²) in [6, 6.07) is 0. The van der Waals surface area contributed by atoms with Crippen molar-refractivity contribution in [3.8, 4) is 0 Å². The Bertz CT molecular complexity index is 187. The van der Waals surface area contributed by atoms with Crippen molar-refractivity contribution in [1.29, 1.82) is 0 Å². The number of Topliss-reactive ketones (excluding diaryl/α,β-unsaturated/α-hetero) is 1. The van der Waals surface area contributed by atoms with Crippen LogP contribution in [0.2, 0.25) is 0 Å². The van der Waals surface area contributed by atoms with Gasteiger partial charge in [0.1, 0.15) is 5.92 Å². The molecule has 4 heteroatoms. The number of carbonyl (C=O) groups excluding carboxylic acids is 1. The second-order valence-corrected chi connectivity index (χ2v) is 2.75. The molecule has 62 valence electrons. The van der Waals surface area contributed by atoms with Crippen LogP contribution in [0.4, 0.5) is 0 Å². The minimum absolute atomic E-state index is 0.220. The van der Waals surface area contributed by atoms with Crippen LogP contribution in [0.5, 0.6) is 0 Å². The summed E-state index contributed by atoms with van der Waals surface area (Å²) in [6.45, 7) is -0.220. The van der Waals surface area contributed by atoms with Gasteiger partial charge < -0.3 is 10.2 Å². The maximum Gasteiger partial charge on any atom is 0.314 e. The summed E-state index contributed by atoms with van der Waals surface area (Å²) < 4.78 is 0. The third kappa shape index (κ3) is 1.40. The molecule has 1 aliphatic rings. The Labute approximate surface area is 63.8 Å². The Hall–Kier alpha value is -0.900. The summed E-state index contributed by atoms with van der Waals surface area (Å²) in [5.74, 6) is -2.69. The molecule has 0 aromatic heterocycles. The zero-order valence-corrected chi connectivity index (χ0v) is 5.99. The average Bonchev–Trinajstić information content (AvgIpc) is 2.30. The third-order valence-electron chi connectivity index (χ3n) is 2.07. The quantitative estimate of drug-likeness (QED) is 0.539. The molecular formula is C7H10O4. The van der Waals surface area contributed by atoms with Crippen LogP contribution in [0.15, 0.2) is 0 Å². The zero-order valence-electron chi connectivity index (χ0n) is 5.99. The first-order valence-corrected chi connectivity index (χ1v) is 3.54. The lowest BCUT2D eigenvalue weighted by atomic mass is 10.0. The van der Waals surface area contributed by atoms with Gasteiger partial charge in [-0.2, -0.15) is 0 Å². The molecule has 2 atom stereocenters. The predicted molar refractivity (Wildman–Crippen MR) is 35.9 cm³/mol. The number of carboxylic acid groups (broad SMARTS) is 1. The Morgan fingerprint density at radius 3 is 2.45 bits per heavy atom. The first kappa shape index (κ1) is 8.20. The number of aliphatic carboxylic acids is 1. The standard InChI is InChI=1S/C7H10O4/c8-3-4-1-2-5(6(4)9)7(10)11/h4-5,8H,1-3H2,(H,10,11). The summed E-state index contributed by atoms with van der Waals surface area (Å²) in [7, 11) is 0. The smallest absolute Gasteiger partial charge is 0.314 e. The Morgan fingerprint density at radius 2 is 2.18 bits per heavy atom. The van der Waals surface area contributed by atoms with Crippen LogP contribution >= 0.6 is 0 Å². The molecule has 0 aromatic carbocycles. The van der Waals surface area contributed by atoms with Gasteiger partial charge in [-0.05, 0) is 12.8 Å². The lowest BCUT2D eigenvalue weighted by Crippen LogP contribution is -2.23. The monoisotopic (exact) mass is 158 g/mol. The van der Waals surface area contributed by atoms with E-state index in [0.29, 0.717) is 12.8 Å². The molecule has 0 heterocycles. The molecule has 0 radical (unpaired) electrons. The molecule has 1 rings (SSSR count). The molecule has 1 aliphatic carbocycles. The van der Waals surface area contributed by atoms with Gasteiger partial charge in [-0.3, -0.25) is 9.59 Å². The fraction of sp³-hybridized carbons (Fsp3) is 0.714. The first-order valence-electron chi connectivity index (χ1n) is 3.54. The van der Waals surface area contributed by atoms with Crippen molar-refractivity contribution in [2.24, 2.45) is 11.8 Å². The highest BCUT2D eigenvalue weighted by molar-refractivity contribution is 6.00. The van der Waals surface area contributed by atoms with Crippen LogP contribution in [0.1, 0.15) is 12.8 Å². The summed E-state index contributed by atoms with van der Waals surface area (Å²) in [6.07, 6.45) is 0.881. The molecule has 0 aromatic rings. The summed E-state index contributed by atoms with van der Waals surface area (Å²) in [5, 5.41) is 17.1. The summed E-state index contributed by atoms with van der Waals surface area (Å²) in [4.78, 5) is 21.4. The highest BCUT2D eigenvalue weighted by atomic mass is 16.4. The number of rotatable bonds is 2. The van der Waals surface area contributed by atoms with E-state index in [2.05, 4.69) is 0 Å². The van der Waals surface area contributed by atoms with Crippen LogP contribution in [-0.4, -0.2) is 28.6 Å². The van der Waals surface area contributed by atoms with E-state index in [9.17, 15) is 9.59 Å². The van der Waals surface area contributed by atoms with Crippen molar-refractivity contribution in [2.75, 3.05) is 6.61 Å². The van der Waals surface area contributed by atoms with E-state index < -0.39 is 17.8 Å². The van der Waals surface area contributed by atoms with Gasteiger partial charge in [-0.15, -0.1) is 0 Å². The number of hydrogen-bond donors (Lipinski definition) is 2. The topological polar surface area (TPSA) is 74.6 Å². The number of aliphatic hydroxyl groups is 1. The molecular weight excluding hydrogens is 148 g/mol. The molecule has 0 spiro atoms. The molecule has 1 fully saturated rings. The van der Waals surface area contributed by atoms with Crippen LogP contribution in [0.25, 0.3) is 0 Å². The molecule has 0 amide bonds. The number of hydrogen-bond acceptors (Lipinski definition) is 3. The van der Waals surface area contributed by atoms with Gasteiger partial charge in [0.15, 0.2) is 5.78 Å². The highest BCUT2D eigenvalue weighted by Crippen LogP contribution is 2.26.